The number of pyridine rings is 1. The van der Waals surface area contributed by atoms with Crippen molar-refractivity contribution in [3.05, 3.63) is 116 Å². The summed E-state index contributed by atoms with van der Waals surface area (Å²) in [5.41, 5.74) is 5.30. The molecule has 0 atom stereocenters. The molecule has 3 heterocycles. The smallest absolute Gasteiger partial charge is 0.141 e. The lowest BCUT2D eigenvalue weighted by Crippen LogP contribution is -1.98. The highest BCUT2D eigenvalue weighted by atomic mass is 32.2. The Kier molecular flexibility index (Phi) is 7.30. The molecule has 212 valence electrons. The number of hydrogen-bond donors (Lipinski definition) is 0. The predicted octanol–water partition coefficient (Wildman–Crippen LogP) is 9.28. The summed E-state index contributed by atoms with van der Waals surface area (Å²) in [6.07, 6.45) is 10.0. The van der Waals surface area contributed by atoms with Gasteiger partial charge in [-0.15, -0.1) is 23.5 Å². The molecule has 43 heavy (non-hydrogen) atoms. The second kappa shape index (κ2) is 11.6. The summed E-state index contributed by atoms with van der Waals surface area (Å²) in [6, 6.07) is 32.8. The van der Waals surface area contributed by atoms with Gasteiger partial charge in [0, 0.05) is 62.3 Å². The molecule has 8 heteroatoms. The summed E-state index contributed by atoms with van der Waals surface area (Å²) < 4.78 is 16.0. The van der Waals surface area contributed by atoms with E-state index in [4.69, 9.17) is 14.6 Å². The minimum Gasteiger partial charge on any atom is -0.497 e. The highest BCUT2D eigenvalue weighted by molar-refractivity contribution is 7.99. The van der Waals surface area contributed by atoms with Crippen molar-refractivity contribution in [2.45, 2.75) is 9.79 Å². The first-order valence-corrected chi connectivity index (χ1v) is 16.2. The third-order valence-corrected chi connectivity index (χ3v) is 9.00. The second-order valence-electron chi connectivity index (χ2n) is 9.90. The topological polar surface area (TPSA) is 54.1 Å². The van der Waals surface area contributed by atoms with Crippen LogP contribution in [0.4, 0.5) is 0 Å². The van der Waals surface area contributed by atoms with E-state index in [1.165, 1.54) is 15.4 Å². The fraction of sp³-hybridized carbons (Fsp3) is 0.0857. The Morgan fingerprint density at radius 1 is 0.698 bits per heavy atom. The molecule has 0 radical (unpaired) electrons. The van der Waals surface area contributed by atoms with Crippen LogP contribution in [0.1, 0.15) is 0 Å². The minimum absolute atomic E-state index is 0.727. The Labute approximate surface area is 258 Å². The molecule has 0 unspecified atom stereocenters. The Hall–Kier alpha value is -4.66. The SMILES string of the molecule is COc1ccnc(-n2c3ccccc3c3ccc(Oc4cccc(-n5cc(-c6c(SC)cccc6SC)cn5)c4)cc32)c1. The van der Waals surface area contributed by atoms with Gasteiger partial charge in [0.25, 0.3) is 0 Å². The largest absolute Gasteiger partial charge is 0.497 e. The minimum atomic E-state index is 0.727. The molecule has 3 aromatic heterocycles. The Morgan fingerprint density at radius 3 is 2.28 bits per heavy atom. The molecule has 0 amide bonds. The third-order valence-electron chi connectivity index (χ3n) is 7.44. The van der Waals surface area contributed by atoms with Crippen LogP contribution in [0.2, 0.25) is 0 Å². The lowest BCUT2D eigenvalue weighted by atomic mass is 10.1. The van der Waals surface area contributed by atoms with Gasteiger partial charge in [0.15, 0.2) is 0 Å². The summed E-state index contributed by atoms with van der Waals surface area (Å²) in [4.78, 5) is 7.14. The van der Waals surface area contributed by atoms with Crippen molar-refractivity contribution in [1.82, 2.24) is 19.3 Å². The van der Waals surface area contributed by atoms with Gasteiger partial charge in [0.05, 0.1) is 30.0 Å². The molecule has 7 rings (SSSR count). The predicted molar refractivity (Wildman–Crippen MR) is 178 cm³/mol. The lowest BCUT2D eigenvalue weighted by Gasteiger charge is -2.11. The molecule has 0 N–H and O–H groups in total. The summed E-state index contributed by atoms with van der Waals surface area (Å²) in [5, 5.41) is 6.98. The molecule has 4 aromatic carbocycles. The van der Waals surface area contributed by atoms with E-state index < -0.39 is 0 Å². The first-order chi connectivity index (χ1) is 21.2. The van der Waals surface area contributed by atoms with Crippen molar-refractivity contribution in [2.24, 2.45) is 0 Å². The van der Waals surface area contributed by atoms with E-state index in [1.807, 2.05) is 59.4 Å². The molecule has 0 saturated carbocycles. The van der Waals surface area contributed by atoms with E-state index in [0.717, 1.165) is 56.1 Å². The van der Waals surface area contributed by atoms with E-state index in [2.05, 4.69) is 76.8 Å². The fourth-order valence-electron chi connectivity index (χ4n) is 5.46. The summed E-state index contributed by atoms with van der Waals surface area (Å²) in [7, 11) is 1.67. The van der Waals surface area contributed by atoms with Crippen molar-refractivity contribution in [2.75, 3.05) is 19.6 Å². The molecular weight excluding hydrogens is 573 g/mol. The van der Waals surface area contributed by atoms with E-state index in [0.29, 0.717) is 0 Å². The number of hydrogen-bond acceptors (Lipinski definition) is 6. The van der Waals surface area contributed by atoms with E-state index >= 15 is 0 Å². The zero-order chi connectivity index (χ0) is 29.3. The quantitative estimate of drug-likeness (QED) is 0.162. The third kappa shape index (κ3) is 5.02. The second-order valence-corrected chi connectivity index (χ2v) is 11.6. The van der Waals surface area contributed by atoms with Crippen molar-refractivity contribution in [3.8, 4) is 39.9 Å². The maximum atomic E-state index is 6.44. The van der Waals surface area contributed by atoms with Gasteiger partial charge in [-0.1, -0.05) is 30.3 Å². The number of para-hydroxylation sites is 1. The van der Waals surface area contributed by atoms with Gasteiger partial charge in [0.1, 0.15) is 23.1 Å². The number of benzene rings is 4. The fourth-order valence-corrected chi connectivity index (χ4v) is 6.82. The summed E-state index contributed by atoms with van der Waals surface area (Å²) in [6.45, 7) is 0. The molecule has 0 aliphatic rings. The monoisotopic (exact) mass is 600 g/mol. The van der Waals surface area contributed by atoms with Gasteiger partial charge < -0.3 is 9.47 Å². The van der Waals surface area contributed by atoms with Crippen LogP contribution in [-0.2, 0) is 0 Å². The highest BCUT2D eigenvalue weighted by Gasteiger charge is 2.16. The highest BCUT2D eigenvalue weighted by Crippen LogP contribution is 2.38. The lowest BCUT2D eigenvalue weighted by molar-refractivity contribution is 0.414. The van der Waals surface area contributed by atoms with Crippen LogP contribution in [-0.4, -0.2) is 39.0 Å². The molecule has 0 aliphatic heterocycles. The van der Waals surface area contributed by atoms with Gasteiger partial charge in [-0.05, 0) is 61.0 Å². The molecule has 0 saturated heterocycles. The van der Waals surface area contributed by atoms with E-state index in [1.54, 1.807) is 36.8 Å². The van der Waals surface area contributed by atoms with Crippen molar-refractivity contribution >= 4 is 45.3 Å². The molecule has 7 aromatic rings. The van der Waals surface area contributed by atoms with Crippen molar-refractivity contribution < 1.29 is 9.47 Å². The molecular formula is C35H28N4O2S2. The standard InChI is InChI=1S/C35H28N4O2S2/c1-40-25-16-17-36-34(20-25)39-30-11-5-4-10-28(30)29-15-14-27(19-31(29)39)41-26-9-6-8-24(18-26)38-22-23(21-37-38)35-32(42-2)12-7-13-33(35)43-3/h4-22H,1-3H3. The van der Waals surface area contributed by atoms with E-state index in [9.17, 15) is 0 Å². The number of methoxy groups -OCH3 is 1. The van der Waals surface area contributed by atoms with Crippen LogP contribution in [0.25, 0.3) is 44.4 Å². The number of rotatable bonds is 8. The molecule has 0 aliphatic carbocycles. The Morgan fingerprint density at radius 2 is 1.47 bits per heavy atom. The number of fused-ring (bicyclic) bond motifs is 3. The maximum Gasteiger partial charge on any atom is 0.141 e. The number of nitrogens with zero attached hydrogens (tertiary/aromatic N) is 4. The molecule has 6 nitrogen and oxygen atoms in total. The van der Waals surface area contributed by atoms with Crippen molar-refractivity contribution in [3.63, 3.8) is 0 Å². The average molecular weight is 601 g/mol. The van der Waals surface area contributed by atoms with Crippen LogP contribution < -0.4 is 9.47 Å². The van der Waals surface area contributed by atoms with Crippen LogP contribution in [0.15, 0.2) is 125 Å². The molecule has 0 fully saturated rings. The zero-order valence-electron chi connectivity index (χ0n) is 23.9. The molecule has 0 bridgehead atoms. The van der Waals surface area contributed by atoms with Crippen LogP contribution in [0, 0.1) is 0 Å². The number of ether oxygens (including phenoxy) is 2. The van der Waals surface area contributed by atoms with Crippen molar-refractivity contribution in [1.29, 1.82) is 0 Å². The Balaban J connectivity index is 1.25. The number of thioether (sulfide) groups is 2. The Bertz CT molecular complexity index is 2080. The van der Waals surface area contributed by atoms with Crippen LogP contribution >= 0.6 is 23.5 Å². The van der Waals surface area contributed by atoms with Gasteiger partial charge in [0.2, 0.25) is 0 Å². The zero-order valence-corrected chi connectivity index (χ0v) is 25.5. The first kappa shape index (κ1) is 27.2. The van der Waals surface area contributed by atoms with Crippen LogP contribution in [0.5, 0.6) is 17.2 Å². The van der Waals surface area contributed by atoms with Gasteiger partial charge in [-0.3, -0.25) is 4.57 Å². The summed E-state index contributed by atoms with van der Waals surface area (Å²) in [5.74, 6) is 3.00. The van der Waals surface area contributed by atoms with Gasteiger partial charge in [-0.2, -0.15) is 5.10 Å². The van der Waals surface area contributed by atoms with Gasteiger partial charge in [-0.25, -0.2) is 9.67 Å². The maximum absolute atomic E-state index is 6.44. The van der Waals surface area contributed by atoms with Gasteiger partial charge >= 0.3 is 0 Å². The first-order valence-electron chi connectivity index (χ1n) is 13.7. The molecule has 0 spiro atoms. The average Bonchev–Trinajstić information content (AvgIpc) is 3.67. The van der Waals surface area contributed by atoms with Crippen LogP contribution in [0.3, 0.4) is 0 Å². The number of aromatic nitrogens is 4. The summed E-state index contributed by atoms with van der Waals surface area (Å²) >= 11 is 3.50. The normalized spacial score (nSPS) is 11.3. The van der Waals surface area contributed by atoms with E-state index in [-0.39, 0.29) is 0 Å².